The fourth-order valence-electron chi connectivity index (χ4n) is 6.12. The largest absolute Gasteiger partial charge is 0.0853 e. The third-order valence-corrected chi connectivity index (χ3v) is 6.96. The first-order chi connectivity index (χ1) is 10.2. The molecular weight excluding hydrogens is 272 g/mol. The van der Waals surface area contributed by atoms with Gasteiger partial charge in [-0.25, -0.2) is 0 Å². The molecule has 0 N–H and O–H groups in total. The predicted molar refractivity (Wildman–Crippen MR) is 91.5 cm³/mol. The molecule has 0 amide bonds. The summed E-state index contributed by atoms with van der Waals surface area (Å²) in [5, 5.41) is 0.319. The van der Waals surface area contributed by atoms with Gasteiger partial charge in [0.25, 0.3) is 0 Å². The Labute approximate surface area is 135 Å². The van der Waals surface area contributed by atoms with Crippen LogP contribution in [0.15, 0.2) is 24.3 Å². The van der Waals surface area contributed by atoms with Gasteiger partial charge in [0.05, 0.1) is 0 Å². The summed E-state index contributed by atoms with van der Waals surface area (Å²) < 4.78 is 0. The topological polar surface area (TPSA) is 0 Å². The maximum Gasteiger partial charge on any atom is 0.0404 e. The van der Waals surface area contributed by atoms with E-state index in [1.54, 1.807) is 5.56 Å². The van der Waals surface area contributed by atoms with E-state index in [4.69, 9.17) is 12.6 Å². The van der Waals surface area contributed by atoms with Crippen LogP contribution in [0.25, 0.3) is 0 Å². The van der Waals surface area contributed by atoms with Gasteiger partial charge in [-0.05, 0) is 79.2 Å². The van der Waals surface area contributed by atoms with Crippen molar-refractivity contribution in [3.05, 3.63) is 35.4 Å². The molecule has 5 rings (SSSR count). The summed E-state index contributed by atoms with van der Waals surface area (Å²) >= 11 is 5.85. The Morgan fingerprint density at radius 2 is 1.62 bits per heavy atom. The molecule has 0 aliphatic heterocycles. The summed E-state index contributed by atoms with van der Waals surface area (Å²) in [5.41, 5.74) is 3.64. The van der Waals surface area contributed by atoms with Crippen molar-refractivity contribution in [1.29, 1.82) is 0 Å². The Balaban J connectivity index is 1.73. The molecule has 113 valence electrons. The zero-order chi connectivity index (χ0) is 14.4. The summed E-state index contributed by atoms with van der Waals surface area (Å²) in [4.78, 5) is 0. The lowest BCUT2D eigenvalue weighted by Gasteiger charge is -2.57. The van der Waals surface area contributed by atoms with Crippen LogP contribution in [0.2, 0.25) is 0 Å². The number of benzene rings is 1. The van der Waals surface area contributed by atoms with Crippen molar-refractivity contribution in [2.45, 2.75) is 69.0 Å². The maximum absolute atomic E-state index is 5.85. The minimum Gasteiger partial charge on any atom is -0.0853 e. The maximum atomic E-state index is 5.85. The van der Waals surface area contributed by atoms with E-state index in [1.807, 2.05) is 0 Å². The minimum absolute atomic E-state index is 0.319. The number of rotatable bonds is 4. The molecule has 1 atom stereocenters. The van der Waals surface area contributed by atoms with Gasteiger partial charge in [-0.3, -0.25) is 0 Å². The lowest BCUT2D eigenvalue weighted by atomic mass is 9.47. The third-order valence-electron chi connectivity index (χ3n) is 6.47. The standard InChI is InChI=1S/C20H27S/c1-2-5-19(21)17-6-3-4-7-18(17)20-11-14-8-15(12-20)10-16(9-14)13-20/h3-4,6-7,14-16,19H,2,5,8-13H2,1H3. The summed E-state index contributed by atoms with van der Waals surface area (Å²) in [5.74, 6) is 3.04. The highest BCUT2D eigenvalue weighted by atomic mass is 32.1. The first kappa shape index (κ1) is 14.2. The van der Waals surface area contributed by atoms with Crippen LogP contribution in [0.5, 0.6) is 0 Å². The third kappa shape index (κ3) is 2.36. The van der Waals surface area contributed by atoms with Crippen LogP contribution in [0.3, 0.4) is 0 Å². The number of hydrogen-bond acceptors (Lipinski definition) is 0. The van der Waals surface area contributed by atoms with Crippen molar-refractivity contribution < 1.29 is 0 Å². The molecule has 1 radical (unpaired) electrons. The minimum atomic E-state index is 0.319. The second kappa shape index (κ2) is 5.33. The normalized spacial score (nSPS) is 38.7. The van der Waals surface area contributed by atoms with Gasteiger partial charge in [0.1, 0.15) is 0 Å². The van der Waals surface area contributed by atoms with Crippen LogP contribution >= 0.6 is 12.6 Å². The van der Waals surface area contributed by atoms with Crippen LogP contribution in [-0.4, -0.2) is 0 Å². The van der Waals surface area contributed by atoms with E-state index < -0.39 is 0 Å². The SMILES string of the molecule is CCCC([S])c1ccccc1C12CC3CC(CC(C3)C1)C2. The smallest absolute Gasteiger partial charge is 0.0404 e. The molecule has 4 fully saturated rings. The fourth-order valence-corrected chi connectivity index (χ4v) is 6.56. The molecule has 4 aliphatic rings. The van der Waals surface area contributed by atoms with E-state index in [0.29, 0.717) is 10.7 Å². The van der Waals surface area contributed by atoms with Gasteiger partial charge in [0.2, 0.25) is 0 Å². The molecule has 4 bridgehead atoms. The molecule has 0 saturated heterocycles. The van der Waals surface area contributed by atoms with Crippen LogP contribution in [0, 0.1) is 17.8 Å². The first-order valence-electron chi connectivity index (χ1n) is 8.95. The lowest BCUT2D eigenvalue weighted by molar-refractivity contribution is -0.00560. The molecule has 1 heteroatoms. The zero-order valence-corrected chi connectivity index (χ0v) is 14.0. The molecule has 21 heavy (non-hydrogen) atoms. The van der Waals surface area contributed by atoms with Gasteiger partial charge in [-0.15, -0.1) is 0 Å². The predicted octanol–water partition coefficient (Wildman–Crippen LogP) is 6.19. The molecule has 0 heterocycles. The van der Waals surface area contributed by atoms with Crippen LogP contribution in [0.4, 0.5) is 0 Å². The van der Waals surface area contributed by atoms with Crippen LogP contribution in [-0.2, 0) is 5.41 Å². The van der Waals surface area contributed by atoms with E-state index in [1.165, 1.54) is 50.5 Å². The van der Waals surface area contributed by atoms with Gasteiger partial charge in [-0.2, -0.15) is 0 Å². The van der Waals surface area contributed by atoms with Gasteiger partial charge in [0.15, 0.2) is 0 Å². The van der Waals surface area contributed by atoms with Crippen molar-refractivity contribution in [1.82, 2.24) is 0 Å². The Bertz CT molecular complexity index is 483. The fraction of sp³-hybridized carbons (Fsp3) is 0.700. The van der Waals surface area contributed by atoms with E-state index in [0.717, 1.165) is 24.2 Å². The summed E-state index contributed by atoms with van der Waals surface area (Å²) in [6, 6.07) is 9.22. The average molecular weight is 300 g/mol. The Hall–Kier alpha value is -0.430. The van der Waals surface area contributed by atoms with E-state index in [9.17, 15) is 0 Å². The summed E-state index contributed by atoms with van der Waals surface area (Å²) in [7, 11) is 0. The van der Waals surface area contributed by atoms with Gasteiger partial charge >= 0.3 is 0 Å². The highest BCUT2D eigenvalue weighted by Crippen LogP contribution is 2.61. The molecule has 1 aromatic carbocycles. The molecular formula is C20H27S. The van der Waals surface area contributed by atoms with Crippen molar-refractivity contribution in [3.63, 3.8) is 0 Å². The van der Waals surface area contributed by atoms with E-state index >= 15 is 0 Å². The Kier molecular flexibility index (Phi) is 3.60. The molecule has 1 unspecified atom stereocenters. The molecule has 4 saturated carbocycles. The monoisotopic (exact) mass is 299 g/mol. The van der Waals surface area contributed by atoms with Gasteiger partial charge < -0.3 is 0 Å². The summed E-state index contributed by atoms with van der Waals surface area (Å²) in [6.45, 7) is 2.26. The zero-order valence-electron chi connectivity index (χ0n) is 13.2. The van der Waals surface area contributed by atoms with Crippen LogP contribution in [0.1, 0.15) is 74.7 Å². The molecule has 0 nitrogen and oxygen atoms in total. The van der Waals surface area contributed by atoms with Gasteiger partial charge in [0, 0.05) is 5.25 Å². The molecule has 0 spiro atoms. The highest BCUT2D eigenvalue weighted by Gasteiger charge is 2.52. The van der Waals surface area contributed by atoms with Crippen molar-refractivity contribution in [3.8, 4) is 0 Å². The van der Waals surface area contributed by atoms with Crippen molar-refractivity contribution >= 4 is 12.6 Å². The molecule has 1 aromatic rings. The van der Waals surface area contributed by atoms with E-state index in [-0.39, 0.29) is 0 Å². The quantitative estimate of drug-likeness (QED) is 0.621. The second-order valence-corrected chi connectivity index (χ2v) is 8.63. The molecule has 0 aromatic heterocycles. The van der Waals surface area contributed by atoms with Gasteiger partial charge in [-0.1, -0.05) is 50.2 Å². The molecule has 4 aliphatic carbocycles. The summed E-state index contributed by atoms with van der Waals surface area (Å²) in [6.07, 6.45) is 11.3. The second-order valence-electron chi connectivity index (χ2n) is 8.06. The highest BCUT2D eigenvalue weighted by molar-refractivity contribution is 7.80. The average Bonchev–Trinajstić information content (AvgIpc) is 2.46. The van der Waals surface area contributed by atoms with Crippen LogP contribution < -0.4 is 0 Å². The lowest BCUT2D eigenvalue weighted by Crippen LogP contribution is -2.49. The van der Waals surface area contributed by atoms with Crippen molar-refractivity contribution in [2.75, 3.05) is 0 Å². The van der Waals surface area contributed by atoms with E-state index in [2.05, 4.69) is 31.2 Å². The first-order valence-corrected chi connectivity index (χ1v) is 9.42. The Morgan fingerprint density at radius 3 is 2.19 bits per heavy atom. The number of hydrogen-bond donors (Lipinski definition) is 0. The van der Waals surface area contributed by atoms with Crippen molar-refractivity contribution in [2.24, 2.45) is 17.8 Å². The Morgan fingerprint density at radius 1 is 1.05 bits per heavy atom.